The van der Waals surface area contributed by atoms with Crippen molar-refractivity contribution in [2.45, 2.75) is 51.4 Å². The molecule has 2 aliphatic carbocycles. The molecule has 0 atom stereocenters. The summed E-state index contributed by atoms with van der Waals surface area (Å²) in [6.45, 7) is 0. The summed E-state index contributed by atoms with van der Waals surface area (Å²) in [5, 5.41) is 2.29. The molecule has 2 aliphatic rings. The van der Waals surface area contributed by atoms with Gasteiger partial charge in [0.15, 0.2) is 17.5 Å². The highest BCUT2D eigenvalue weighted by molar-refractivity contribution is 7.19. The van der Waals surface area contributed by atoms with Gasteiger partial charge in [-0.15, -0.1) is 22.7 Å². The lowest BCUT2D eigenvalue weighted by Crippen LogP contribution is -2.14. The van der Waals surface area contributed by atoms with Crippen molar-refractivity contribution in [1.29, 1.82) is 0 Å². The summed E-state index contributed by atoms with van der Waals surface area (Å²) in [7, 11) is 1.68. The van der Waals surface area contributed by atoms with Crippen molar-refractivity contribution in [2.75, 3.05) is 18.0 Å². The van der Waals surface area contributed by atoms with Crippen molar-refractivity contribution in [3.8, 4) is 17.1 Å². The Hall–Kier alpha value is -3.30. The van der Waals surface area contributed by atoms with E-state index in [1.807, 2.05) is 46.9 Å². The molecule has 182 valence electrons. The summed E-state index contributed by atoms with van der Waals surface area (Å²) in [5.74, 6) is 3.15. The van der Waals surface area contributed by atoms with Gasteiger partial charge in [0.05, 0.1) is 17.9 Å². The van der Waals surface area contributed by atoms with Gasteiger partial charge in [0.1, 0.15) is 21.7 Å². The average Bonchev–Trinajstić information content (AvgIpc) is 3.50. The first kappa shape index (κ1) is 21.9. The minimum atomic E-state index is 0.703. The minimum Gasteiger partial charge on any atom is -0.497 e. The van der Waals surface area contributed by atoms with Gasteiger partial charge < -0.3 is 4.74 Å². The molecule has 0 bridgehead atoms. The second kappa shape index (κ2) is 8.97. The fraction of sp³-hybridized carbons (Fsp3) is 0.333. The molecule has 0 saturated heterocycles. The van der Waals surface area contributed by atoms with E-state index in [9.17, 15) is 0 Å². The first-order valence-corrected chi connectivity index (χ1v) is 14.2. The lowest BCUT2D eigenvalue weighted by atomic mass is 9.97. The van der Waals surface area contributed by atoms with Crippen LogP contribution in [0.1, 0.15) is 46.6 Å². The quantitative estimate of drug-likeness (QED) is 0.257. The van der Waals surface area contributed by atoms with Crippen LogP contribution < -0.4 is 15.6 Å². The van der Waals surface area contributed by atoms with Gasteiger partial charge in [-0.3, -0.25) is 10.9 Å². The number of hydrogen-bond donors (Lipinski definition) is 2. The third-order valence-corrected chi connectivity index (χ3v) is 9.60. The van der Waals surface area contributed by atoms with Crippen LogP contribution in [0, 0.1) is 0 Å². The van der Waals surface area contributed by atoms with Gasteiger partial charge in [0.2, 0.25) is 0 Å². The summed E-state index contributed by atoms with van der Waals surface area (Å²) in [6.07, 6.45) is 11.0. The largest absolute Gasteiger partial charge is 0.497 e. The Labute approximate surface area is 217 Å². The van der Waals surface area contributed by atoms with Crippen LogP contribution in [0.15, 0.2) is 30.6 Å². The van der Waals surface area contributed by atoms with Crippen LogP contribution in [0.5, 0.6) is 5.75 Å². The van der Waals surface area contributed by atoms with Crippen LogP contribution in [0.2, 0.25) is 0 Å². The molecule has 7 nitrogen and oxygen atoms in total. The predicted octanol–water partition coefficient (Wildman–Crippen LogP) is 6.57. The summed E-state index contributed by atoms with van der Waals surface area (Å²) in [6, 6.07) is 7.92. The number of nitrogens with one attached hydrogen (secondary N) is 2. The number of fused-ring (bicyclic) bond motifs is 6. The van der Waals surface area contributed by atoms with Crippen molar-refractivity contribution in [2.24, 2.45) is 0 Å². The molecule has 0 unspecified atom stereocenters. The molecule has 0 saturated carbocycles. The summed E-state index contributed by atoms with van der Waals surface area (Å²) in [5.41, 5.74) is 10.6. The van der Waals surface area contributed by atoms with Crippen LogP contribution in [0.4, 0.5) is 11.6 Å². The maximum Gasteiger partial charge on any atom is 0.163 e. The monoisotopic (exact) mass is 514 g/mol. The Morgan fingerprint density at radius 2 is 1.36 bits per heavy atom. The van der Waals surface area contributed by atoms with Crippen molar-refractivity contribution < 1.29 is 4.74 Å². The van der Waals surface area contributed by atoms with E-state index in [2.05, 4.69) is 20.8 Å². The van der Waals surface area contributed by atoms with Gasteiger partial charge in [-0.05, 0) is 86.8 Å². The smallest absolute Gasteiger partial charge is 0.163 e. The highest BCUT2D eigenvalue weighted by atomic mass is 32.1. The van der Waals surface area contributed by atoms with Crippen molar-refractivity contribution in [3.63, 3.8) is 0 Å². The zero-order chi connectivity index (χ0) is 24.1. The summed E-state index contributed by atoms with van der Waals surface area (Å²) < 4.78 is 5.34. The highest BCUT2D eigenvalue weighted by Crippen LogP contribution is 2.41. The number of hydrazine groups is 1. The predicted molar refractivity (Wildman–Crippen MR) is 147 cm³/mol. The van der Waals surface area contributed by atoms with E-state index in [-0.39, 0.29) is 0 Å². The van der Waals surface area contributed by atoms with Gasteiger partial charge in [0.25, 0.3) is 0 Å². The summed E-state index contributed by atoms with van der Waals surface area (Å²) >= 11 is 3.61. The number of anilines is 2. The molecule has 2 N–H and O–H groups in total. The van der Waals surface area contributed by atoms with Gasteiger partial charge in [0, 0.05) is 15.3 Å². The molecule has 5 aromatic rings. The van der Waals surface area contributed by atoms with Gasteiger partial charge >= 0.3 is 0 Å². The number of aryl methyl sites for hydroxylation is 4. The molecule has 9 heteroatoms. The Bertz CT molecular complexity index is 1590. The average molecular weight is 515 g/mol. The van der Waals surface area contributed by atoms with Crippen LogP contribution in [0.3, 0.4) is 0 Å². The van der Waals surface area contributed by atoms with Crippen LogP contribution in [-0.2, 0) is 25.7 Å². The number of ether oxygens (including phenoxy) is 1. The van der Waals surface area contributed by atoms with Crippen LogP contribution >= 0.6 is 22.7 Å². The molecule has 0 amide bonds. The van der Waals surface area contributed by atoms with Crippen molar-refractivity contribution >= 4 is 54.7 Å². The van der Waals surface area contributed by atoms with Gasteiger partial charge in [-0.2, -0.15) is 0 Å². The normalized spacial score (nSPS) is 15.0. The van der Waals surface area contributed by atoms with E-state index in [4.69, 9.17) is 14.7 Å². The molecule has 4 heterocycles. The number of aromatic nitrogens is 4. The second-order valence-corrected chi connectivity index (χ2v) is 11.5. The lowest BCUT2D eigenvalue weighted by molar-refractivity contribution is 0.415. The van der Waals surface area contributed by atoms with E-state index in [1.165, 1.54) is 46.6 Å². The molecule has 36 heavy (non-hydrogen) atoms. The third-order valence-electron chi connectivity index (χ3n) is 7.21. The molecule has 7 rings (SSSR count). The molecule has 4 aromatic heterocycles. The topological polar surface area (TPSA) is 84.9 Å². The number of rotatable bonds is 5. The fourth-order valence-corrected chi connectivity index (χ4v) is 7.91. The molecular formula is C27H26N6OS2. The van der Waals surface area contributed by atoms with Crippen molar-refractivity contribution in [1.82, 2.24) is 19.9 Å². The van der Waals surface area contributed by atoms with Crippen molar-refractivity contribution in [3.05, 3.63) is 51.5 Å². The fourth-order valence-electron chi connectivity index (χ4n) is 5.42. The molecule has 0 fully saturated rings. The number of methoxy groups -OCH3 is 1. The second-order valence-electron chi connectivity index (χ2n) is 9.38. The lowest BCUT2D eigenvalue weighted by Gasteiger charge is -2.15. The molecular weight excluding hydrogens is 488 g/mol. The van der Waals surface area contributed by atoms with Crippen LogP contribution in [-0.4, -0.2) is 27.0 Å². The van der Waals surface area contributed by atoms with Gasteiger partial charge in [-0.1, -0.05) is 0 Å². The molecule has 0 radical (unpaired) electrons. The number of hydrogen-bond acceptors (Lipinski definition) is 9. The van der Waals surface area contributed by atoms with E-state index in [1.54, 1.807) is 13.4 Å². The van der Waals surface area contributed by atoms with E-state index < -0.39 is 0 Å². The minimum absolute atomic E-state index is 0.703. The Balaban J connectivity index is 1.32. The maximum atomic E-state index is 5.34. The zero-order valence-corrected chi connectivity index (χ0v) is 21.7. The molecule has 0 aliphatic heterocycles. The van der Waals surface area contributed by atoms with Crippen LogP contribution in [0.25, 0.3) is 31.8 Å². The number of thiophene rings is 2. The first-order chi connectivity index (χ1) is 17.8. The first-order valence-electron chi connectivity index (χ1n) is 12.5. The highest BCUT2D eigenvalue weighted by Gasteiger charge is 2.23. The van der Waals surface area contributed by atoms with E-state index >= 15 is 0 Å². The molecule has 0 spiro atoms. The SMILES string of the molecule is COc1ccc(-c2nc(NNc3ncnc4sc5c(c34)CCCC5)c3c4c(sc3n2)CCCC4)cc1. The van der Waals surface area contributed by atoms with Gasteiger partial charge in [-0.25, -0.2) is 19.9 Å². The zero-order valence-electron chi connectivity index (χ0n) is 20.1. The maximum absolute atomic E-state index is 5.34. The third kappa shape index (κ3) is 3.69. The summed E-state index contributed by atoms with van der Waals surface area (Å²) in [4.78, 5) is 24.2. The van der Waals surface area contributed by atoms with E-state index in [0.717, 1.165) is 69.1 Å². The number of benzene rings is 1. The Morgan fingerprint density at radius 3 is 2.08 bits per heavy atom. The van der Waals surface area contributed by atoms with E-state index in [0.29, 0.717) is 5.82 Å². The Kier molecular flexibility index (Phi) is 5.47. The molecule has 1 aromatic carbocycles. The standard InChI is InChI=1S/C27H26N6OS2/c1-34-16-12-10-15(11-13-16)23-30-25(22-18-7-3-5-9-20(18)36-27(22)31-23)33-32-24-21-17-6-2-4-8-19(17)35-26(21)29-14-28-24/h10-14H,2-9H2,1H3,(H,28,29,32)(H,30,31,33). The Morgan fingerprint density at radius 1 is 0.722 bits per heavy atom. The number of nitrogens with zero attached hydrogens (tertiary/aromatic N) is 4.